The van der Waals surface area contributed by atoms with Crippen LogP contribution in [0.4, 0.5) is 4.79 Å². The van der Waals surface area contributed by atoms with Gasteiger partial charge in [-0.25, -0.2) is 9.59 Å². The second kappa shape index (κ2) is 9.14. The lowest BCUT2D eigenvalue weighted by Crippen LogP contribution is -2.38. The van der Waals surface area contributed by atoms with Crippen molar-refractivity contribution in [2.75, 3.05) is 19.8 Å². The predicted molar refractivity (Wildman–Crippen MR) is 90.8 cm³/mol. The highest BCUT2D eigenvalue weighted by atomic mass is 35.5. The van der Waals surface area contributed by atoms with Crippen LogP contribution in [-0.2, 0) is 4.74 Å². The van der Waals surface area contributed by atoms with Crippen LogP contribution in [0.3, 0.4) is 0 Å². The molecule has 132 valence electrons. The third-order valence-electron chi connectivity index (χ3n) is 3.54. The normalized spacial score (nSPS) is 19.3. The van der Waals surface area contributed by atoms with Gasteiger partial charge in [-0.3, -0.25) is 0 Å². The number of amides is 1. The van der Waals surface area contributed by atoms with Gasteiger partial charge in [0.15, 0.2) is 0 Å². The quantitative estimate of drug-likeness (QED) is 0.596. The smallest absolute Gasteiger partial charge is 0.407 e. The van der Waals surface area contributed by atoms with Crippen LogP contribution >= 0.6 is 12.4 Å². The van der Waals surface area contributed by atoms with Gasteiger partial charge in [-0.05, 0) is 24.6 Å². The number of benzene rings is 1. The molecule has 2 atom stereocenters. The van der Waals surface area contributed by atoms with Gasteiger partial charge >= 0.3 is 12.1 Å². The van der Waals surface area contributed by atoms with Crippen LogP contribution in [0.1, 0.15) is 16.8 Å². The summed E-state index contributed by atoms with van der Waals surface area (Å²) in [6.07, 6.45) is 1.03. The van der Waals surface area contributed by atoms with Gasteiger partial charge in [-0.1, -0.05) is 18.7 Å². The van der Waals surface area contributed by atoms with Crippen LogP contribution in [0.2, 0.25) is 0 Å². The number of esters is 1. The molecule has 8 heteroatoms. The largest absolute Gasteiger partial charge is 0.491 e. The highest BCUT2D eigenvalue weighted by Crippen LogP contribution is 2.20. The first kappa shape index (κ1) is 19.8. The summed E-state index contributed by atoms with van der Waals surface area (Å²) in [6.45, 7) is 4.10. The zero-order valence-corrected chi connectivity index (χ0v) is 13.9. The predicted octanol–water partition coefficient (Wildman–Crippen LogP) is 1.91. The Labute approximate surface area is 146 Å². The molecule has 3 N–H and O–H groups in total. The van der Waals surface area contributed by atoms with Crippen molar-refractivity contribution >= 4 is 24.5 Å². The highest BCUT2D eigenvalue weighted by Gasteiger charge is 2.33. The monoisotopic (exact) mass is 356 g/mol. The molecule has 0 bridgehead atoms. The minimum atomic E-state index is -1.01. The maximum Gasteiger partial charge on any atom is 0.407 e. The zero-order valence-electron chi connectivity index (χ0n) is 13.1. The fourth-order valence-electron chi connectivity index (χ4n) is 2.47. The number of ether oxygens (including phenoxy) is 2. The van der Waals surface area contributed by atoms with Crippen LogP contribution in [0.5, 0.6) is 5.75 Å². The lowest BCUT2D eigenvalue weighted by molar-refractivity contribution is 0.0549. The van der Waals surface area contributed by atoms with Crippen molar-refractivity contribution in [2.24, 2.45) is 5.73 Å². The van der Waals surface area contributed by atoms with E-state index in [9.17, 15) is 9.59 Å². The average Bonchev–Trinajstić information content (AvgIpc) is 2.92. The average molecular weight is 357 g/mol. The third kappa shape index (κ3) is 5.14. The van der Waals surface area contributed by atoms with Crippen molar-refractivity contribution in [3.05, 3.63) is 42.5 Å². The van der Waals surface area contributed by atoms with Crippen LogP contribution < -0.4 is 10.5 Å². The Morgan fingerprint density at radius 2 is 2.21 bits per heavy atom. The maximum atomic E-state index is 11.8. The summed E-state index contributed by atoms with van der Waals surface area (Å²) >= 11 is 0. The Morgan fingerprint density at radius 3 is 2.88 bits per heavy atom. The molecule has 1 heterocycles. The van der Waals surface area contributed by atoms with Crippen molar-refractivity contribution in [1.29, 1.82) is 0 Å². The molecule has 1 aromatic rings. The van der Waals surface area contributed by atoms with Crippen molar-refractivity contribution < 1.29 is 24.2 Å². The van der Waals surface area contributed by atoms with E-state index in [1.165, 1.54) is 11.0 Å². The second-order valence-electron chi connectivity index (χ2n) is 5.31. The number of nitrogens with zero attached hydrogens (tertiary/aromatic N) is 1. The molecule has 0 unspecified atom stereocenters. The number of carboxylic acid groups (broad SMARTS) is 1. The van der Waals surface area contributed by atoms with Crippen LogP contribution in [-0.4, -0.2) is 53.9 Å². The first-order chi connectivity index (χ1) is 11.0. The summed E-state index contributed by atoms with van der Waals surface area (Å²) in [5.41, 5.74) is 6.17. The molecule has 24 heavy (non-hydrogen) atoms. The first-order valence-corrected chi connectivity index (χ1v) is 7.27. The van der Waals surface area contributed by atoms with Gasteiger partial charge in [0.05, 0.1) is 11.6 Å². The minimum Gasteiger partial charge on any atom is -0.491 e. The lowest BCUT2D eigenvalue weighted by Gasteiger charge is -2.21. The van der Waals surface area contributed by atoms with Gasteiger partial charge in [0.25, 0.3) is 0 Å². The number of carbonyl (C=O) groups excluding carboxylic acids is 1. The highest BCUT2D eigenvalue weighted by molar-refractivity contribution is 5.89. The SMILES string of the molecule is C=CCOC(=O)c1cccc(OC[C@@H]2C[C@@H](N)CN2C(=O)O)c1.Cl. The van der Waals surface area contributed by atoms with E-state index < -0.39 is 12.1 Å². The van der Waals surface area contributed by atoms with Gasteiger partial charge < -0.3 is 25.2 Å². The summed E-state index contributed by atoms with van der Waals surface area (Å²) in [4.78, 5) is 24.2. The molecule has 7 nitrogen and oxygen atoms in total. The molecule has 1 aliphatic rings. The maximum absolute atomic E-state index is 11.8. The van der Waals surface area contributed by atoms with Crippen molar-refractivity contribution in [2.45, 2.75) is 18.5 Å². The number of nitrogens with two attached hydrogens (primary N) is 1. The van der Waals surface area contributed by atoms with Crippen LogP contribution in [0, 0.1) is 0 Å². The molecule has 0 spiro atoms. The van der Waals surface area contributed by atoms with Gasteiger partial charge in [0.2, 0.25) is 0 Å². The number of likely N-dealkylation sites (tertiary alicyclic amines) is 1. The van der Waals surface area contributed by atoms with Crippen molar-refractivity contribution in [3.63, 3.8) is 0 Å². The molecular weight excluding hydrogens is 336 g/mol. The Kier molecular flexibility index (Phi) is 7.54. The summed E-state index contributed by atoms with van der Waals surface area (Å²) in [6, 6.07) is 6.08. The minimum absolute atomic E-state index is 0. The van der Waals surface area contributed by atoms with E-state index >= 15 is 0 Å². The molecule has 0 saturated carbocycles. The van der Waals surface area contributed by atoms with Crippen LogP contribution in [0.25, 0.3) is 0 Å². The van der Waals surface area contributed by atoms with E-state index in [2.05, 4.69) is 6.58 Å². The molecule has 1 fully saturated rings. The van der Waals surface area contributed by atoms with E-state index in [4.69, 9.17) is 20.3 Å². The Hall–Kier alpha value is -2.25. The fourth-order valence-corrected chi connectivity index (χ4v) is 2.47. The Bertz CT molecular complexity index is 596. The third-order valence-corrected chi connectivity index (χ3v) is 3.54. The molecule has 0 aliphatic carbocycles. The van der Waals surface area contributed by atoms with Gasteiger partial charge in [-0.2, -0.15) is 0 Å². The standard InChI is InChI=1S/C16H20N2O5.ClH/c1-2-6-22-15(19)11-4-3-5-14(7-11)23-10-13-8-12(17)9-18(13)16(20)21;/h2-5,7,12-13H,1,6,8-10,17H2,(H,20,21);1H/t12-,13+;/m1./s1. The molecule has 0 radical (unpaired) electrons. The molecule has 1 aromatic carbocycles. The Morgan fingerprint density at radius 1 is 1.46 bits per heavy atom. The van der Waals surface area contributed by atoms with E-state index in [0.717, 1.165) is 0 Å². The zero-order chi connectivity index (χ0) is 16.8. The lowest BCUT2D eigenvalue weighted by atomic mass is 10.2. The molecule has 1 aliphatic heterocycles. The Balaban J connectivity index is 0.00000288. The number of hydrogen-bond acceptors (Lipinski definition) is 5. The van der Waals surface area contributed by atoms with E-state index in [1.54, 1.807) is 24.3 Å². The van der Waals surface area contributed by atoms with Crippen LogP contribution in [0.15, 0.2) is 36.9 Å². The number of rotatable bonds is 6. The van der Waals surface area contributed by atoms with Gasteiger partial charge in [0, 0.05) is 12.6 Å². The van der Waals surface area contributed by atoms with E-state index in [0.29, 0.717) is 24.3 Å². The van der Waals surface area contributed by atoms with E-state index in [1.807, 2.05) is 0 Å². The number of hydrogen-bond donors (Lipinski definition) is 2. The molecule has 2 rings (SSSR count). The fraction of sp³-hybridized carbons (Fsp3) is 0.375. The summed E-state index contributed by atoms with van der Waals surface area (Å²) < 4.78 is 10.6. The molecule has 1 saturated heterocycles. The summed E-state index contributed by atoms with van der Waals surface area (Å²) in [7, 11) is 0. The second-order valence-corrected chi connectivity index (χ2v) is 5.31. The van der Waals surface area contributed by atoms with E-state index in [-0.39, 0.29) is 37.7 Å². The molecular formula is C16H21ClN2O5. The number of carbonyl (C=O) groups is 2. The first-order valence-electron chi connectivity index (χ1n) is 7.27. The van der Waals surface area contributed by atoms with Gasteiger partial charge in [-0.15, -0.1) is 12.4 Å². The molecule has 1 amide bonds. The van der Waals surface area contributed by atoms with Crippen molar-refractivity contribution in [3.8, 4) is 5.75 Å². The van der Waals surface area contributed by atoms with Gasteiger partial charge in [0.1, 0.15) is 19.0 Å². The molecule has 0 aromatic heterocycles. The topological polar surface area (TPSA) is 102 Å². The summed E-state index contributed by atoms with van der Waals surface area (Å²) in [5.74, 6) is 0.00858. The summed E-state index contributed by atoms with van der Waals surface area (Å²) in [5, 5.41) is 9.14. The number of halogens is 1. The van der Waals surface area contributed by atoms with Crippen molar-refractivity contribution in [1.82, 2.24) is 4.90 Å².